The lowest BCUT2D eigenvalue weighted by Gasteiger charge is -2.21. The standard InChI is InChI=1S/C10H9F4NO2/c11-7-3-1-6(2-4-7)9(10(12,13)14)15-5-8(16)17/h1-4,9,15H,5H2,(H,16,17)/t9-/m0/s1. The highest BCUT2D eigenvalue weighted by molar-refractivity contribution is 5.69. The van der Waals surface area contributed by atoms with Crippen molar-refractivity contribution in [2.45, 2.75) is 12.2 Å². The minimum absolute atomic E-state index is 0.236. The van der Waals surface area contributed by atoms with E-state index in [0.717, 1.165) is 24.3 Å². The molecular formula is C10H9F4NO2. The number of nitrogens with one attached hydrogen (secondary N) is 1. The molecule has 17 heavy (non-hydrogen) atoms. The Morgan fingerprint density at radius 1 is 1.29 bits per heavy atom. The Kier molecular flexibility index (Phi) is 4.06. The van der Waals surface area contributed by atoms with Crippen molar-refractivity contribution >= 4 is 5.97 Å². The van der Waals surface area contributed by atoms with Gasteiger partial charge in [-0.1, -0.05) is 12.1 Å². The summed E-state index contributed by atoms with van der Waals surface area (Å²) < 4.78 is 50.4. The number of hydrogen-bond donors (Lipinski definition) is 2. The van der Waals surface area contributed by atoms with Crippen LogP contribution in [0.2, 0.25) is 0 Å². The minimum Gasteiger partial charge on any atom is -0.480 e. The van der Waals surface area contributed by atoms with Crippen molar-refractivity contribution in [2.75, 3.05) is 6.54 Å². The number of carboxylic acids is 1. The van der Waals surface area contributed by atoms with E-state index in [1.54, 1.807) is 0 Å². The van der Waals surface area contributed by atoms with E-state index in [1.807, 2.05) is 5.32 Å². The molecule has 2 N–H and O–H groups in total. The summed E-state index contributed by atoms with van der Waals surface area (Å²) in [5, 5.41) is 10.2. The molecule has 0 radical (unpaired) electrons. The molecule has 94 valence electrons. The largest absolute Gasteiger partial charge is 0.480 e. The minimum atomic E-state index is -4.65. The van der Waals surface area contributed by atoms with Crippen molar-refractivity contribution in [3.63, 3.8) is 0 Å². The molecule has 1 aromatic rings. The van der Waals surface area contributed by atoms with Crippen LogP contribution in [0.25, 0.3) is 0 Å². The predicted octanol–water partition coefficient (Wildman–Crippen LogP) is 2.10. The molecule has 1 aromatic carbocycles. The topological polar surface area (TPSA) is 49.3 Å². The summed E-state index contributed by atoms with van der Waals surface area (Å²) in [7, 11) is 0. The smallest absolute Gasteiger partial charge is 0.407 e. The number of carbonyl (C=O) groups is 1. The fourth-order valence-corrected chi connectivity index (χ4v) is 1.27. The van der Waals surface area contributed by atoms with Crippen molar-refractivity contribution in [2.24, 2.45) is 0 Å². The monoisotopic (exact) mass is 251 g/mol. The molecule has 0 fully saturated rings. The Hall–Kier alpha value is -1.63. The van der Waals surface area contributed by atoms with Crippen molar-refractivity contribution in [1.82, 2.24) is 5.32 Å². The second kappa shape index (κ2) is 5.13. The van der Waals surface area contributed by atoms with Crippen LogP contribution in [0.4, 0.5) is 17.6 Å². The van der Waals surface area contributed by atoms with E-state index >= 15 is 0 Å². The Morgan fingerprint density at radius 2 is 1.82 bits per heavy atom. The van der Waals surface area contributed by atoms with E-state index in [1.165, 1.54) is 0 Å². The highest BCUT2D eigenvalue weighted by atomic mass is 19.4. The first-order valence-corrected chi connectivity index (χ1v) is 4.58. The normalized spacial score (nSPS) is 13.4. The van der Waals surface area contributed by atoms with E-state index in [9.17, 15) is 22.4 Å². The quantitative estimate of drug-likeness (QED) is 0.806. The zero-order chi connectivity index (χ0) is 13.1. The molecule has 7 heteroatoms. The Bertz CT molecular complexity index is 388. The van der Waals surface area contributed by atoms with Gasteiger partial charge in [-0.2, -0.15) is 13.2 Å². The van der Waals surface area contributed by atoms with E-state index in [4.69, 9.17) is 5.11 Å². The van der Waals surface area contributed by atoms with Crippen molar-refractivity contribution in [1.29, 1.82) is 0 Å². The SMILES string of the molecule is O=C(O)CN[C@@H](c1ccc(F)cc1)C(F)(F)F. The molecule has 0 aliphatic carbocycles. The van der Waals surface area contributed by atoms with Crippen LogP contribution in [0, 0.1) is 5.82 Å². The van der Waals surface area contributed by atoms with Gasteiger partial charge in [-0.25, -0.2) is 4.39 Å². The summed E-state index contributed by atoms with van der Waals surface area (Å²) in [5.41, 5.74) is -0.236. The summed E-state index contributed by atoms with van der Waals surface area (Å²) in [5.74, 6) is -2.06. The Labute approximate surface area is 94.1 Å². The third kappa shape index (κ3) is 4.03. The Morgan fingerprint density at radius 3 is 2.24 bits per heavy atom. The summed E-state index contributed by atoms with van der Waals surface area (Å²) in [6.07, 6.45) is -4.65. The lowest BCUT2D eigenvalue weighted by atomic mass is 10.1. The fourth-order valence-electron chi connectivity index (χ4n) is 1.27. The first-order valence-electron chi connectivity index (χ1n) is 4.58. The van der Waals surface area contributed by atoms with Gasteiger partial charge in [-0.15, -0.1) is 0 Å². The maximum Gasteiger partial charge on any atom is 0.407 e. The second-order valence-electron chi connectivity index (χ2n) is 3.30. The molecule has 0 aromatic heterocycles. The van der Waals surface area contributed by atoms with Crippen LogP contribution in [-0.2, 0) is 4.79 Å². The molecule has 1 atom stereocenters. The van der Waals surface area contributed by atoms with Gasteiger partial charge in [0.25, 0.3) is 0 Å². The van der Waals surface area contributed by atoms with Crippen LogP contribution in [0.5, 0.6) is 0 Å². The molecule has 1 rings (SSSR count). The number of hydrogen-bond acceptors (Lipinski definition) is 2. The molecule has 0 amide bonds. The number of aliphatic carboxylic acids is 1. The molecule has 0 aliphatic rings. The number of rotatable bonds is 4. The second-order valence-corrected chi connectivity index (χ2v) is 3.30. The molecule has 3 nitrogen and oxygen atoms in total. The molecule has 0 saturated carbocycles. The van der Waals surface area contributed by atoms with Gasteiger partial charge in [-0.05, 0) is 17.7 Å². The van der Waals surface area contributed by atoms with E-state index in [-0.39, 0.29) is 5.56 Å². The van der Waals surface area contributed by atoms with Gasteiger partial charge in [0.1, 0.15) is 11.9 Å². The molecule has 0 bridgehead atoms. The summed E-state index contributed by atoms with van der Waals surface area (Å²) >= 11 is 0. The zero-order valence-corrected chi connectivity index (χ0v) is 8.46. The van der Waals surface area contributed by atoms with Gasteiger partial charge in [-0.3, -0.25) is 10.1 Å². The third-order valence-corrected chi connectivity index (χ3v) is 1.99. The molecule has 0 unspecified atom stereocenters. The van der Waals surface area contributed by atoms with Crippen molar-refractivity contribution in [3.8, 4) is 0 Å². The average molecular weight is 251 g/mol. The fraction of sp³-hybridized carbons (Fsp3) is 0.300. The highest BCUT2D eigenvalue weighted by Gasteiger charge is 2.40. The molecule has 0 heterocycles. The van der Waals surface area contributed by atoms with Crippen LogP contribution < -0.4 is 5.32 Å². The highest BCUT2D eigenvalue weighted by Crippen LogP contribution is 2.32. The molecule has 0 aliphatic heterocycles. The first-order chi connectivity index (χ1) is 7.80. The summed E-state index contributed by atoms with van der Waals surface area (Å²) in [6.45, 7) is -0.832. The maximum absolute atomic E-state index is 12.6. The van der Waals surface area contributed by atoms with Crippen LogP contribution >= 0.6 is 0 Å². The lowest BCUT2D eigenvalue weighted by Crippen LogP contribution is -2.37. The van der Waals surface area contributed by atoms with Gasteiger partial charge in [0.15, 0.2) is 0 Å². The van der Waals surface area contributed by atoms with Crippen LogP contribution in [0.1, 0.15) is 11.6 Å². The molecule has 0 spiro atoms. The maximum atomic E-state index is 12.6. The van der Waals surface area contributed by atoms with E-state index in [0.29, 0.717) is 0 Å². The zero-order valence-electron chi connectivity index (χ0n) is 8.46. The van der Waals surface area contributed by atoms with Crippen molar-refractivity contribution in [3.05, 3.63) is 35.6 Å². The third-order valence-electron chi connectivity index (χ3n) is 1.99. The van der Waals surface area contributed by atoms with Crippen molar-refractivity contribution < 1.29 is 27.5 Å². The molecular weight excluding hydrogens is 242 g/mol. The Balaban J connectivity index is 2.90. The average Bonchev–Trinajstić information content (AvgIpc) is 2.18. The van der Waals surface area contributed by atoms with Gasteiger partial charge in [0.2, 0.25) is 0 Å². The molecule has 0 saturated heterocycles. The van der Waals surface area contributed by atoms with Crippen LogP contribution in [0.3, 0.4) is 0 Å². The van der Waals surface area contributed by atoms with Gasteiger partial charge in [0.05, 0.1) is 6.54 Å². The first kappa shape index (κ1) is 13.4. The van der Waals surface area contributed by atoms with Crippen LogP contribution in [0.15, 0.2) is 24.3 Å². The van der Waals surface area contributed by atoms with Gasteiger partial charge in [0, 0.05) is 0 Å². The number of alkyl halides is 3. The van der Waals surface area contributed by atoms with Crippen LogP contribution in [-0.4, -0.2) is 23.8 Å². The predicted molar refractivity (Wildman–Crippen MR) is 50.8 cm³/mol. The number of halogens is 4. The van der Waals surface area contributed by atoms with Gasteiger partial charge >= 0.3 is 12.1 Å². The van der Waals surface area contributed by atoms with E-state index in [2.05, 4.69) is 0 Å². The summed E-state index contributed by atoms with van der Waals surface area (Å²) in [4.78, 5) is 10.2. The lowest BCUT2D eigenvalue weighted by molar-refractivity contribution is -0.159. The number of carboxylic acid groups (broad SMARTS) is 1. The summed E-state index contributed by atoms with van der Waals surface area (Å²) in [6, 6.07) is 1.57. The van der Waals surface area contributed by atoms with E-state index < -0.39 is 30.5 Å². The number of benzene rings is 1. The van der Waals surface area contributed by atoms with Gasteiger partial charge < -0.3 is 5.11 Å².